The number of nitrogens with zero attached hydrogens (tertiary/aromatic N) is 1. The van der Waals surface area contributed by atoms with Crippen LogP contribution in [-0.2, 0) is 4.79 Å². The number of ether oxygens (including phenoxy) is 1. The Labute approximate surface area is 161 Å². The van der Waals surface area contributed by atoms with Crippen LogP contribution in [0.5, 0.6) is 5.75 Å². The molecule has 4 nitrogen and oxygen atoms in total. The van der Waals surface area contributed by atoms with E-state index in [4.69, 9.17) is 5.73 Å². The molecule has 10 heteroatoms. The standard InChI is InChI=1S/C19H16F6N2O2/c1-9(15-3-2-11(7-27-15)29-8-19(23,24)25)18(17(26)28)6-12(18)16-13(21)4-10(20)5-14(16)22/h2-5,7,9,12H,6,8H2,1H3,(H2,26,28)/t9-,12?,18?/m0/s1. The van der Waals surface area contributed by atoms with Crippen molar-refractivity contribution in [1.29, 1.82) is 0 Å². The minimum atomic E-state index is -4.51. The second-order valence-corrected chi connectivity index (χ2v) is 6.99. The third kappa shape index (κ3) is 4.01. The van der Waals surface area contributed by atoms with Gasteiger partial charge < -0.3 is 10.5 Å². The average Bonchev–Trinajstić information content (AvgIpc) is 3.35. The van der Waals surface area contributed by atoms with Crippen LogP contribution < -0.4 is 10.5 Å². The van der Waals surface area contributed by atoms with Crippen molar-refractivity contribution < 1.29 is 35.9 Å². The van der Waals surface area contributed by atoms with Gasteiger partial charge in [-0.3, -0.25) is 9.78 Å². The van der Waals surface area contributed by atoms with Crippen LogP contribution in [0, 0.1) is 22.9 Å². The minimum absolute atomic E-state index is 0.0248. The molecule has 1 heterocycles. The summed E-state index contributed by atoms with van der Waals surface area (Å²) in [4.78, 5) is 16.2. The number of nitrogens with two attached hydrogens (primary N) is 1. The van der Waals surface area contributed by atoms with Crippen molar-refractivity contribution in [3.8, 4) is 5.75 Å². The zero-order valence-electron chi connectivity index (χ0n) is 15.1. The number of primary amides is 1. The summed E-state index contributed by atoms with van der Waals surface area (Å²) >= 11 is 0. The lowest BCUT2D eigenvalue weighted by molar-refractivity contribution is -0.153. The third-order valence-corrected chi connectivity index (χ3v) is 5.23. The number of carbonyl (C=O) groups excluding carboxylic acids is 1. The fourth-order valence-electron chi connectivity index (χ4n) is 3.65. The van der Waals surface area contributed by atoms with Gasteiger partial charge in [0.15, 0.2) is 6.61 Å². The summed E-state index contributed by atoms with van der Waals surface area (Å²) in [7, 11) is 0. The van der Waals surface area contributed by atoms with Gasteiger partial charge in [0, 0.05) is 35.2 Å². The molecule has 3 rings (SSSR count). The first-order valence-corrected chi connectivity index (χ1v) is 8.55. The summed E-state index contributed by atoms with van der Waals surface area (Å²) < 4.78 is 82.7. The molecule has 1 aromatic carbocycles. The zero-order valence-corrected chi connectivity index (χ0v) is 15.1. The van der Waals surface area contributed by atoms with E-state index >= 15 is 0 Å². The molecule has 1 aliphatic carbocycles. The molecule has 1 aromatic heterocycles. The van der Waals surface area contributed by atoms with E-state index in [1.54, 1.807) is 6.92 Å². The van der Waals surface area contributed by atoms with E-state index in [1.165, 1.54) is 12.1 Å². The lowest BCUT2D eigenvalue weighted by atomic mass is 9.83. The fourth-order valence-corrected chi connectivity index (χ4v) is 3.65. The molecule has 0 bridgehead atoms. The van der Waals surface area contributed by atoms with Crippen molar-refractivity contribution in [3.63, 3.8) is 0 Å². The van der Waals surface area contributed by atoms with Crippen LogP contribution in [0.15, 0.2) is 30.5 Å². The van der Waals surface area contributed by atoms with Crippen LogP contribution in [0.1, 0.15) is 36.4 Å². The van der Waals surface area contributed by atoms with E-state index in [2.05, 4.69) is 9.72 Å². The lowest BCUT2D eigenvalue weighted by Gasteiger charge is -2.22. The molecule has 0 aliphatic heterocycles. The highest BCUT2D eigenvalue weighted by molar-refractivity contribution is 5.87. The number of rotatable bonds is 6. The van der Waals surface area contributed by atoms with Gasteiger partial charge in [-0.1, -0.05) is 6.92 Å². The van der Waals surface area contributed by atoms with E-state index in [1.807, 2.05) is 0 Å². The molecular formula is C19H16F6N2O2. The topological polar surface area (TPSA) is 65.2 Å². The number of hydrogen-bond acceptors (Lipinski definition) is 3. The Hall–Kier alpha value is -2.78. The van der Waals surface area contributed by atoms with Crippen molar-refractivity contribution in [2.45, 2.75) is 31.4 Å². The maximum absolute atomic E-state index is 14.2. The van der Waals surface area contributed by atoms with Gasteiger partial charge in [0.1, 0.15) is 23.2 Å². The van der Waals surface area contributed by atoms with Crippen molar-refractivity contribution in [2.24, 2.45) is 11.1 Å². The number of hydrogen-bond donors (Lipinski definition) is 1. The Kier molecular flexibility index (Phi) is 5.22. The molecule has 1 fully saturated rings. The quantitative estimate of drug-likeness (QED) is 0.715. The van der Waals surface area contributed by atoms with Gasteiger partial charge in [-0.05, 0) is 18.6 Å². The van der Waals surface area contributed by atoms with Crippen molar-refractivity contribution >= 4 is 5.91 Å². The first-order chi connectivity index (χ1) is 13.5. The highest BCUT2D eigenvalue weighted by atomic mass is 19.4. The van der Waals surface area contributed by atoms with Gasteiger partial charge in [-0.2, -0.15) is 13.2 Å². The van der Waals surface area contributed by atoms with Crippen LogP contribution in [0.25, 0.3) is 0 Å². The Morgan fingerprint density at radius 2 is 1.90 bits per heavy atom. The molecule has 0 radical (unpaired) electrons. The molecule has 2 N–H and O–H groups in total. The predicted molar refractivity (Wildman–Crippen MR) is 89.5 cm³/mol. The van der Waals surface area contributed by atoms with Crippen LogP contribution in [0.4, 0.5) is 26.3 Å². The van der Waals surface area contributed by atoms with E-state index in [9.17, 15) is 31.1 Å². The molecule has 29 heavy (non-hydrogen) atoms. The number of pyridine rings is 1. The van der Waals surface area contributed by atoms with Gasteiger partial charge in [0.05, 0.1) is 11.6 Å². The summed E-state index contributed by atoms with van der Waals surface area (Å²) in [5.41, 5.74) is 4.02. The van der Waals surface area contributed by atoms with Gasteiger partial charge in [0.2, 0.25) is 5.91 Å². The van der Waals surface area contributed by atoms with Crippen molar-refractivity contribution in [3.05, 3.63) is 59.2 Å². The molecule has 156 valence electrons. The van der Waals surface area contributed by atoms with E-state index in [0.29, 0.717) is 12.1 Å². The minimum Gasteiger partial charge on any atom is -0.483 e. The van der Waals surface area contributed by atoms with E-state index in [-0.39, 0.29) is 17.9 Å². The number of alkyl halides is 3. The van der Waals surface area contributed by atoms with Gasteiger partial charge in [-0.25, -0.2) is 13.2 Å². The molecular weight excluding hydrogens is 402 g/mol. The maximum Gasteiger partial charge on any atom is 0.422 e. The van der Waals surface area contributed by atoms with Crippen molar-refractivity contribution in [2.75, 3.05) is 6.61 Å². The number of aromatic nitrogens is 1. The van der Waals surface area contributed by atoms with Crippen LogP contribution >= 0.6 is 0 Å². The highest BCUT2D eigenvalue weighted by Gasteiger charge is 2.64. The van der Waals surface area contributed by atoms with Crippen molar-refractivity contribution in [1.82, 2.24) is 4.98 Å². The Morgan fingerprint density at radius 3 is 2.38 bits per heavy atom. The SMILES string of the molecule is C[C@@H](c1ccc(OCC(F)(F)F)cn1)C1(C(N)=O)CC1c1c(F)cc(F)cc1F. The summed E-state index contributed by atoms with van der Waals surface area (Å²) in [5.74, 6) is -5.88. The maximum atomic E-state index is 14.2. The molecule has 1 amide bonds. The third-order valence-electron chi connectivity index (χ3n) is 5.23. The number of benzene rings is 1. The highest BCUT2D eigenvalue weighted by Crippen LogP contribution is 2.66. The lowest BCUT2D eigenvalue weighted by Crippen LogP contribution is -2.31. The molecule has 0 saturated heterocycles. The summed E-state index contributed by atoms with van der Waals surface area (Å²) in [6.45, 7) is 0.0860. The monoisotopic (exact) mass is 418 g/mol. The number of halogens is 6. The van der Waals surface area contributed by atoms with Gasteiger partial charge in [-0.15, -0.1) is 0 Å². The van der Waals surface area contributed by atoms with Crippen LogP contribution in [0.2, 0.25) is 0 Å². The second kappa shape index (κ2) is 7.23. The molecule has 0 spiro atoms. The van der Waals surface area contributed by atoms with E-state index < -0.39 is 59.0 Å². The molecule has 1 saturated carbocycles. The van der Waals surface area contributed by atoms with Crippen LogP contribution in [-0.4, -0.2) is 23.7 Å². The fraction of sp³-hybridized carbons (Fsp3) is 0.368. The molecule has 2 aromatic rings. The molecule has 1 aliphatic rings. The summed E-state index contributed by atoms with van der Waals surface area (Å²) in [5, 5.41) is 0. The Balaban J connectivity index is 1.85. The second-order valence-electron chi connectivity index (χ2n) is 6.99. The molecule has 3 atom stereocenters. The van der Waals surface area contributed by atoms with Crippen LogP contribution in [0.3, 0.4) is 0 Å². The molecule has 2 unspecified atom stereocenters. The normalized spacial score (nSPS) is 22.2. The number of amides is 1. The van der Waals surface area contributed by atoms with Gasteiger partial charge >= 0.3 is 6.18 Å². The van der Waals surface area contributed by atoms with Gasteiger partial charge in [0.25, 0.3) is 0 Å². The zero-order chi connectivity index (χ0) is 21.6. The summed E-state index contributed by atoms with van der Waals surface area (Å²) in [6, 6.07) is 3.65. The Bertz CT molecular complexity index is 908. The first-order valence-electron chi connectivity index (χ1n) is 8.55. The number of carbonyl (C=O) groups is 1. The largest absolute Gasteiger partial charge is 0.483 e. The Morgan fingerprint density at radius 1 is 1.28 bits per heavy atom. The smallest absolute Gasteiger partial charge is 0.422 e. The van der Waals surface area contributed by atoms with E-state index in [0.717, 1.165) is 6.20 Å². The first kappa shape index (κ1) is 20.9. The predicted octanol–water partition coefficient (Wildman–Crippen LogP) is 4.20. The summed E-state index contributed by atoms with van der Waals surface area (Å²) in [6.07, 6.45) is -3.42. The average molecular weight is 418 g/mol.